The number of unbranched alkanes of at least 4 members (excludes halogenated alkanes) is 1. The van der Waals surface area contributed by atoms with E-state index in [4.69, 9.17) is 0 Å². The van der Waals surface area contributed by atoms with Gasteiger partial charge in [0.15, 0.2) is 10.3 Å². The molecule has 0 radical (unpaired) electrons. The van der Waals surface area contributed by atoms with Crippen molar-refractivity contribution in [2.45, 2.75) is 65.6 Å². The van der Waals surface area contributed by atoms with Crippen molar-refractivity contribution in [3.8, 4) is 11.3 Å². The highest BCUT2D eigenvalue weighted by Crippen LogP contribution is 2.31. The second kappa shape index (κ2) is 10.2. The fourth-order valence-corrected chi connectivity index (χ4v) is 4.83. The lowest BCUT2D eigenvalue weighted by molar-refractivity contribution is -0.113. The molecule has 3 rings (SSSR count). The summed E-state index contributed by atoms with van der Waals surface area (Å²) >= 11 is 2.92. The van der Waals surface area contributed by atoms with Crippen LogP contribution in [0.15, 0.2) is 23.4 Å². The minimum absolute atomic E-state index is 0.0823. The molecule has 0 aliphatic rings. The van der Waals surface area contributed by atoms with Crippen LogP contribution in [0.4, 0.5) is 5.13 Å². The Kier molecular flexibility index (Phi) is 7.66. The standard InChI is InChI=1S/C22H29N5OS2/c1-6-8-9-18-25-26-22(27(18)7-2)29-13-19(28)23-21-24-20(16(5)30-21)17-11-10-14(3)15(4)12-17/h10-12H,6-9,13H2,1-5H3,(H,23,24,28). The Morgan fingerprint density at radius 2 is 1.97 bits per heavy atom. The molecule has 1 N–H and O–H groups in total. The third kappa shape index (κ3) is 5.29. The summed E-state index contributed by atoms with van der Waals surface area (Å²) in [5.41, 5.74) is 4.50. The van der Waals surface area contributed by atoms with E-state index in [1.165, 1.54) is 34.2 Å². The fourth-order valence-electron chi connectivity index (χ4n) is 3.16. The van der Waals surface area contributed by atoms with E-state index < -0.39 is 0 Å². The summed E-state index contributed by atoms with van der Waals surface area (Å²) in [4.78, 5) is 18.2. The highest BCUT2D eigenvalue weighted by molar-refractivity contribution is 7.99. The predicted molar refractivity (Wildman–Crippen MR) is 125 cm³/mol. The van der Waals surface area contributed by atoms with Crippen molar-refractivity contribution in [3.63, 3.8) is 0 Å². The van der Waals surface area contributed by atoms with Gasteiger partial charge in [0.25, 0.3) is 0 Å². The van der Waals surface area contributed by atoms with E-state index in [9.17, 15) is 4.79 Å². The first-order valence-corrected chi connectivity index (χ1v) is 12.1. The first-order valence-electron chi connectivity index (χ1n) is 10.3. The van der Waals surface area contributed by atoms with Crippen LogP contribution < -0.4 is 5.32 Å². The number of hydrogen-bond acceptors (Lipinski definition) is 6. The number of anilines is 1. The summed E-state index contributed by atoms with van der Waals surface area (Å²) in [5, 5.41) is 12.9. The molecule has 1 amide bonds. The summed E-state index contributed by atoms with van der Waals surface area (Å²) in [6, 6.07) is 6.34. The number of nitrogens with zero attached hydrogens (tertiary/aromatic N) is 4. The van der Waals surface area contributed by atoms with Gasteiger partial charge >= 0.3 is 0 Å². The van der Waals surface area contributed by atoms with Gasteiger partial charge < -0.3 is 9.88 Å². The largest absolute Gasteiger partial charge is 0.306 e. The summed E-state index contributed by atoms with van der Waals surface area (Å²) in [6.45, 7) is 11.3. The molecule has 0 atom stereocenters. The average Bonchev–Trinajstić information content (AvgIpc) is 3.29. The van der Waals surface area contributed by atoms with Gasteiger partial charge in [0.2, 0.25) is 5.91 Å². The van der Waals surface area contributed by atoms with Crippen LogP contribution in [0.3, 0.4) is 0 Å². The molecule has 0 saturated carbocycles. The smallest absolute Gasteiger partial charge is 0.236 e. The van der Waals surface area contributed by atoms with Crippen molar-refractivity contribution in [1.82, 2.24) is 19.7 Å². The van der Waals surface area contributed by atoms with Crippen molar-refractivity contribution in [3.05, 3.63) is 40.0 Å². The number of benzene rings is 1. The SMILES string of the molecule is CCCCc1nnc(SCC(=O)Nc2nc(-c3ccc(C)c(C)c3)c(C)s2)n1CC. The first kappa shape index (κ1) is 22.5. The fraction of sp³-hybridized carbons (Fsp3) is 0.455. The highest BCUT2D eigenvalue weighted by atomic mass is 32.2. The van der Waals surface area contributed by atoms with E-state index in [-0.39, 0.29) is 11.7 Å². The Morgan fingerprint density at radius 3 is 2.67 bits per heavy atom. The van der Waals surface area contributed by atoms with Crippen LogP contribution in [-0.4, -0.2) is 31.4 Å². The molecule has 2 heterocycles. The van der Waals surface area contributed by atoms with Crippen molar-refractivity contribution in [2.75, 3.05) is 11.1 Å². The van der Waals surface area contributed by atoms with Gasteiger partial charge in [-0.25, -0.2) is 4.98 Å². The predicted octanol–water partition coefficient (Wildman–Crippen LogP) is 5.42. The second-order valence-electron chi connectivity index (χ2n) is 7.31. The van der Waals surface area contributed by atoms with E-state index in [1.807, 2.05) is 6.92 Å². The number of thiazole rings is 1. The molecule has 160 valence electrons. The molecule has 0 saturated heterocycles. The van der Waals surface area contributed by atoms with Gasteiger partial charge in [-0.3, -0.25) is 4.79 Å². The molecule has 8 heteroatoms. The molecule has 0 spiro atoms. The molecular formula is C22H29N5OS2. The van der Waals surface area contributed by atoms with Gasteiger partial charge in [0, 0.05) is 23.4 Å². The van der Waals surface area contributed by atoms with Gasteiger partial charge in [-0.15, -0.1) is 21.5 Å². The maximum atomic E-state index is 12.5. The molecule has 30 heavy (non-hydrogen) atoms. The number of aromatic nitrogens is 4. The summed E-state index contributed by atoms with van der Waals surface area (Å²) in [5.74, 6) is 1.20. The van der Waals surface area contributed by atoms with E-state index in [2.05, 4.69) is 71.0 Å². The van der Waals surface area contributed by atoms with Gasteiger partial charge in [0.1, 0.15) is 5.82 Å². The molecule has 0 unspecified atom stereocenters. The molecule has 0 fully saturated rings. The third-order valence-electron chi connectivity index (χ3n) is 5.02. The Bertz CT molecular complexity index is 1020. The maximum Gasteiger partial charge on any atom is 0.236 e. The third-order valence-corrected chi connectivity index (χ3v) is 6.87. The van der Waals surface area contributed by atoms with Crippen LogP contribution in [0, 0.1) is 20.8 Å². The van der Waals surface area contributed by atoms with Crippen LogP contribution in [0.2, 0.25) is 0 Å². The van der Waals surface area contributed by atoms with Crippen molar-refractivity contribution < 1.29 is 4.79 Å². The normalized spacial score (nSPS) is 11.1. The van der Waals surface area contributed by atoms with Gasteiger partial charge in [-0.2, -0.15) is 0 Å². The maximum absolute atomic E-state index is 12.5. The Balaban J connectivity index is 1.63. The average molecular weight is 444 g/mol. The lowest BCUT2D eigenvalue weighted by Gasteiger charge is -2.06. The van der Waals surface area contributed by atoms with Crippen LogP contribution in [-0.2, 0) is 17.8 Å². The second-order valence-corrected chi connectivity index (χ2v) is 9.45. The van der Waals surface area contributed by atoms with Gasteiger partial charge in [0.05, 0.1) is 11.4 Å². The van der Waals surface area contributed by atoms with Crippen LogP contribution in [0.1, 0.15) is 48.5 Å². The van der Waals surface area contributed by atoms with Gasteiger partial charge in [-0.1, -0.05) is 37.2 Å². The van der Waals surface area contributed by atoms with Crippen LogP contribution in [0.25, 0.3) is 11.3 Å². The lowest BCUT2D eigenvalue weighted by atomic mass is 10.0. The zero-order chi connectivity index (χ0) is 21.7. The molecule has 3 aromatic rings. The molecule has 6 nitrogen and oxygen atoms in total. The Morgan fingerprint density at radius 1 is 1.17 bits per heavy atom. The number of thioether (sulfide) groups is 1. The summed E-state index contributed by atoms with van der Waals surface area (Å²) < 4.78 is 2.10. The molecule has 1 aromatic carbocycles. The quantitative estimate of drug-likeness (QED) is 0.447. The van der Waals surface area contributed by atoms with Crippen molar-refractivity contribution in [1.29, 1.82) is 0 Å². The minimum atomic E-state index is -0.0823. The molecule has 0 aliphatic carbocycles. The minimum Gasteiger partial charge on any atom is -0.306 e. The van der Waals surface area contributed by atoms with Crippen molar-refractivity contribution >= 4 is 34.1 Å². The monoisotopic (exact) mass is 443 g/mol. The topological polar surface area (TPSA) is 72.7 Å². The van der Waals surface area contributed by atoms with Crippen molar-refractivity contribution in [2.24, 2.45) is 0 Å². The van der Waals surface area contributed by atoms with Gasteiger partial charge in [-0.05, 0) is 51.3 Å². The zero-order valence-electron chi connectivity index (χ0n) is 18.3. The van der Waals surface area contributed by atoms with E-state index >= 15 is 0 Å². The highest BCUT2D eigenvalue weighted by Gasteiger charge is 2.15. The number of amides is 1. The summed E-state index contributed by atoms with van der Waals surface area (Å²) in [6.07, 6.45) is 3.14. The lowest BCUT2D eigenvalue weighted by Crippen LogP contribution is -2.14. The number of hydrogen-bond donors (Lipinski definition) is 1. The Labute approximate surface area is 186 Å². The van der Waals surface area contributed by atoms with E-state index in [1.54, 1.807) is 0 Å². The molecule has 0 bridgehead atoms. The van der Waals surface area contributed by atoms with E-state index in [0.717, 1.165) is 52.9 Å². The van der Waals surface area contributed by atoms with E-state index in [0.29, 0.717) is 5.13 Å². The Hall–Kier alpha value is -2.19. The first-order chi connectivity index (χ1) is 14.4. The van der Waals surface area contributed by atoms with Crippen LogP contribution in [0.5, 0.6) is 0 Å². The number of rotatable bonds is 9. The number of carbonyl (C=O) groups is 1. The molecule has 0 aliphatic heterocycles. The molecule has 2 aromatic heterocycles. The number of nitrogens with one attached hydrogen (secondary N) is 1. The zero-order valence-corrected chi connectivity index (χ0v) is 19.9. The summed E-state index contributed by atoms with van der Waals surface area (Å²) in [7, 11) is 0. The number of aryl methyl sites for hydroxylation is 4. The number of carbonyl (C=O) groups excluding carboxylic acids is 1. The molecular weight excluding hydrogens is 414 g/mol. The van der Waals surface area contributed by atoms with Crippen LogP contribution >= 0.6 is 23.1 Å².